The van der Waals surface area contributed by atoms with Gasteiger partial charge in [0.05, 0.1) is 11.7 Å². The number of carbonyl (C=O) groups is 2. The molecule has 30 heavy (non-hydrogen) atoms. The first-order valence-corrected chi connectivity index (χ1v) is 11.0. The fraction of sp³-hybridized carbons (Fsp3) is 0.600. The van der Waals surface area contributed by atoms with Crippen LogP contribution in [0.4, 0.5) is 0 Å². The number of aromatic nitrogens is 2. The smallest absolute Gasteiger partial charge is 0.353 e. The lowest BCUT2D eigenvalue weighted by atomic mass is 9.93. The number of aliphatic carboxylic acids is 1. The van der Waals surface area contributed by atoms with Crippen LogP contribution in [0.2, 0.25) is 0 Å². The number of fused-ring (bicyclic) bond motifs is 1. The van der Waals surface area contributed by atoms with E-state index in [1.165, 1.54) is 6.33 Å². The first-order valence-electron chi connectivity index (χ1n) is 10.1. The van der Waals surface area contributed by atoms with Crippen molar-refractivity contribution < 1.29 is 19.8 Å². The fourth-order valence-electron chi connectivity index (χ4n) is 4.66. The predicted molar refractivity (Wildman–Crippen MR) is 111 cm³/mol. The molecule has 3 aliphatic rings. The Labute approximate surface area is 179 Å². The topological polar surface area (TPSA) is 110 Å². The number of hydrogen-bond donors (Lipinski definition) is 2. The van der Waals surface area contributed by atoms with E-state index in [1.807, 2.05) is 13.0 Å². The van der Waals surface area contributed by atoms with Gasteiger partial charge in [0.1, 0.15) is 18.3 Å². The van der Waals surface area contributed by atoms with Crippen LogP contribution in [0.1, 0.15) is 25.5 Å². The third-order valence-corrected chi connectivity index (χ3v) is 7.70. The maximum atomic E-state index is 12.8. The molecule has 0 aromatic carbocycles. The summed E-state index contributed by atoms with van der Waals surface area (Å²) in [5, 5.41) is 19.9. The van der Waals surface area contributed by atoms with Crippen molar-refractivity contribution in [3.05, 3.63) is 34.9 Å². The number of carboxylic acid groups (broad SMARTS) is 1. The SMILES string of the molecule is CC1C(SC2CC(C(=O)N(C)C)N(Cc3ccncn3)C2)=C(C(=O)O)N2C(O)CC12. The monoisotopic (exact) mass is 433 g/mol. The molecular weight excluding hydrogens is 406 g/mol. The lowest BCUT2D eigenvalue weighted by molar-refractivity contribution is -0.143. The van der Waals surface area contributed by atoms with Crippen molar-refractivity contribution in [2.45, 2.75) is 49.9 Å². The zero-order chi connectivity index (χ0) is 21.6. The Hall–Kier alpha value is -2.17. The number of likely N-dealkylation sites (N-methyl/N-ethyl adjacent to an activating group) is 1. The molecule has 10 heteroatoms. The van der Waals surface area contributed by atoms with Crippen LogP contribution in [0.3, 0.4) is 0 Å². The Kier molecular flexibility index (Phi) is 5.73. The minimum absolute atomic E-state index is 0.0401. The number of amides is 1. The molecule has 2 fully saturated rings. The van der Waals surface area contributed by atoms with Gasteiger partial charge in [-0.3, -0.25) is 9.69 Å². The van der Waals surface area contributed by atoms with Crippen LogP contribution in [0.15, 0.2) is 29.2 Å². The second-order valence-electron chi connectivity index (χ2n) is 8.35. The van der Waals surface area contributed by atoms with E-state index in [-0.39, 0.29) is 34.9 Å². The molecule has 0 radical (unpaired) electrons. The largest absolute Gasteiger partial charge is 0.477 e. The van der Waals surface area contributed by atoms with Crippen LogP contribution < -0.4 is 0 Å². The van der Waals surface area contributed by atoms with E-state index in [1.54, 1.807) is 41.9 Å². The van der Waals surface area contributed by atoms with Gasteiger partial charge >= 0.3 is 5.97 Å². The summed E-state index contributed by atoms with van der Waals surface area (Å²) in [4.78, 5) is 39.1. The zero-order valence-corrected chi connectivity index (χ0v) is 18.1. The maximum absolute atomic E-state index is 12.8. The third-order valence-electron chi connectivity index (χ3n) is 6.21. The summed E-state index contributed by atoms with van der Waals surface area (Å²) >= 11 is 1.56. The number of carboxylic acids is 1. The van der Waals surface area contributed by atoms with Gasteiger partial charge in [-0.1, -0.05) is 6.92 Å². The molecule has 9 nitrogen and oxygen atoms in total. The number of thioether (sulfide) groups is 1. The molecule has 5 unspecified atom stereocenters. The van der Waals surface area contributed by atoms with E-state index < -0.39 is 12.2 Å². The van der Waals surface area contributed by atoms with Crippen molar-refractivity contribution in [3.8, 4) is 0 Å². The lowest BCUT2D eigenvalue weighted by Gasteiger charge is -2.44. The molecule has 5 atom stereocenters. The highest BCUT2D eigenvalue weighted by Gasteiger charge is 2.52. The number of hydrogen-bond acceptors (Lipinski definition) is 8. The van der Waals surface area contributed by atoms with Crippen molar-refractivity contribution in [3.63, 3.8) is 0 Å². The summed E-state index contributed by atoms with van der Waals surface area (Å²) in [6, 6.07) is 1.61. The van der Waals surface area contributed by atoms with E-state index >= 15 is 0 Å². The Balaban J connectivity index is 1.55. The third kappa shape index (κ3) is 3.67. The molecule has 1 aromatic heterocycles. The standard InChI is InChI=1S/C20H27N5O4S/c1-11-14-7-16(26)25(14)17(20(28)29)18(11)30-13-6-15(19(27)23(2)3)24(9-13)8-12-4-5-21-10-22-12/h4-5,10-11,13-16,26H,6-9H2,1-3H3,(H,28,29). The van der Waals surface area contributed by atoms with Gasteiger partial charge in [0, 0.05) is 61.9 Å². The van der Waals surface area contributed by atoms with E-state index in [2.05, 4.69) is 14.9 Å². The molecule has 0 bridgehead atoms. The van der Waals surface area contributed by atoms with E-state index in [4.69, 9.17) is 0 Å². The highest BCUT2D eigenvalue weighted by molar-refractivity contribution is 8.03. The summed E-state index contributed by atoms with van der Waals surface area (Å²) < 4.78 is 0. The van der Waals surface area contributed by atoms with E-state index in [9.17, 15) is 19.8 Å². The first-order chi connectivity index (χ1) is 14.3. The van der Waals surface area contributed by atoms with Crippen LogP contribution in [0.5, 0.6) is 0 Å². The number of likely N-dealkylation sites (tertiary alicyclic amines) is 1. The van der Waals surface area contributed by atoms with Crippen molar-refractivity contribution in [2.75, 3.05) is 20.6 Å². The molecule has 4 heterocycles. The molecule has 3 aliphatic heterocycles. The summed E-state index contributed by atoms with van der Waals surface area (Å²) in [5.41, 5.74) is 1.07. The molecule has 1 amide bonds. The number of nitrogens with zero attached hydrogens (tertiary/aromatic N) is 5. The summed E-state index contributed by atoms with van der Waals surface area (Å²) in [6.07, 6.45) is 3.70. The van der Waals surface area contributed by atoms with Crippen LogP contribution in [0, 0.1) is 5.92 Å². The van der Waals surface area contributed by atoms with Gasteiger partial charge < -0.3 is 20.0 Å². The second-order valence-corrected chi connectivity index (χ2v) is 9.69. The number of aliphatic hydroxyl groups excluding tert-OH is 1. The van der Waals surface area contributed by atoms with Crippen molar-refractivity contribution >= 4 is 23.6 Å². The van der Waals surface area contributed by atoms with Crippen LogP contribution >= 0.6 is 11.8 Å². The lowest BCUT2D eigenvalue weighted by Crippen LogP contribution is -2.54. The molecule has 0 aliphatic carbocycles. The Morgan fingerprint density at radius 3 is 2.70 bits per heavy atom. The van der Waals surface area contributed by atoms with Gasteiger partial charge in [-0.15, -0.1) is 11.8 Å². The summed E-state index contributed by atoms with van der Waals surface area (Å²) in [5.74, 6) is -0.899. The average molecular weight is 434 g/mol. The highest BCUT2D eigenvalue weighted by Crippen LogP contribution is 2.50. The minimum atomic E-state index is -0.998. The Morgan fingerprint density at radius 2 is 2.10 bits per heavy atom. The molecular formula is C20H27N5O4S. The molecule has 1 aromatic rings. The highest BCUT2D eigenvalue weighted by atomic mass is 32.2. The van der Waals surface area contributed by atoms with Gasteiger partial charge in [0.2, 0.25) is 5.91 Å². The van der Waals surface area contributed by atoms with Crippen molar-refractivity contribution in [1.29, 1.82) is 0 Å². The quantitative estimate of drug-likeness (QED) is 0.666. The molecule has 0 spiro atoms. The first kappa shape index (κ1) is 21.1. The normalized spacial score (nSPS) is 30.9. The van der Waals surface area contributed by atoms with Crippen LogP contribution in [0.25, 0.3) is 0 Å². The van der Waals surface area contributed by atoms with Crippen molar-refractivity contribution in [2.24, 2.45) is 5.92 Å². The number of aliphatic hydroxyl groups is 1. The van der Waals surface area contributed by atoms with Gasteiger partial charge in [0.15, 0.2) is 0 Å². The summed E-state index contributed by atoms with van der Waals surface area (Å²) in [6.45, 7) is 3.23. The van der Waals surface area contributed by atoms with Gasteiger partial charge in [0.25, 0.3) is 0 Å². The van der Waals surface area contributed by atoms with E-state index in [0.717, 1.165) is 10.6 Å². The molecule has 4 rings (SSSR count). The van der Waals surface area contributed by atoms with Crippen molar-refractivity contribution in [1.82, 2.24) is 24.7 Å². The number of carbonyl (C=O) groups excluding carboxylic acids is 1. The molecule has 0 saturated carbocycles. The average Bonchev–Trinajstić information content (AvgIpc) is 3.19. The van der Waals surface area contributed by atoms with Gasteiger partial charge in [-0.2, -0.15) is 0 Å². The summed E-state index contributed by atoms with van der Waals surface area (Å²) in [7, 11) is 3.50. The molecule has 2 saturated heterocycles. The Morgan fingerprint density at radius 1 is 1.33 bits per heavy atom. The predicted octanol–water partition coefficient (Wildman–Crippen LogP) is 0.580. The van der Waals surface area contributed by atoms with Crippen LogP contribution in [-0.4, -0.2) is 91.0 Å². The van der Waals surface area contributed by atoms with Gasteiger partial charge in [-0.25, -0.2) is 14.8 Å². The number of rotatable bonds is 6. The van der Waals surface area contributed by atoms with Crippen LogP contribution in [-0.2, 0) is 16.1 Å². The zero-order valence-electron chi connectivity index (χ0n) is 17.3. The van der Waals surface area contributed by atoms with E-state index in [0.29, 0.717) is 25.9 Å². The second kappa shape index (κ2) is 8.16. The van der Waals surface area contributed by atoms with Gasteiger partial charge in [-0.05, 0) is 12.5 Å². The minimum Gasteiger partial charge on any atom is -0.477 e. The Bertz CT molecular complexity index is 864. The molecule has 162 valence electrons. The maximum Gasteiger partial charge on any atom is 0.353 e. The fourth-order valence-corrected chi connectivity index (χ4v) is 6.24. The molecule has 2 N–H and O–H groups in total.